The smallest absolute Gasteiger partial charge is 0.407 e. The fourth-order valence-corrected chi connectivity index (χ4v) is 5.37. The van der Waals surface area contributed by atoms with Crippen LogP contribution in [0, 0.1) is 5.92 Å². The minimum Gasteiger partial charge on any atom is -0.465 e. The van der Waals surface area contributed by atoms with Crippen LogP contribution in [0.4, 0.5) is 10.6 Å². The maximum atomic E-state index is 11.3. The standard InChI is InChI=1S/C20H21BrN6O4S/c21-12-6-13-14(31-10-30-13)7-15(12)32-19-24-16-17(22)23-9-27(18(16)25-19)5-3-11-2-1-4-26(8-11)20(28)29/h6-7,9,11H,1-5,8,10,22H2,(H,28,29)/t11-/m1/s1. The molecule has 4 aliphatic heterocycles. The van der Waals surface area contributed by atoms with Gasteiger partial charge in [-0.1, -0.05) is 0 Å². The Bertz CT molecular complexity index is 1140. The molecule has 4 aliphatic rings. The van der Waals surface area contributed by atoms with Gasteiger partial charge in [-0.15, -0.1) is 0 Å². The summed E-state index contributed by atoms with van der Waals surface area (Å²) in [6.07, 6.45) is 3.56. The van der Waals surface area contributed by atoms with Crippen LogP contribution in [-0.2, 0) is 6.54 Å². The average Bonchev–Trinajstić information content (AvgIpc) is 3.41. The lowest BCUT2D eigenvalue weighted by Gasteiger charge is -2.30. The molecule has 5 rings (SSSR count). The third-order valence-electron chi connectivity index (χ3n) is 5.67. The molecule has 0 spiro atoms. The molecule has 10 nitrogen and oxygen atoms in total. The highest BCUT2D eigenvalue weighted by Gasteiger charge is 2.25. The average molecular weight is 521 g/mol. The number of ether oxygens (including phenoxy) is 2. The van der Waals surface area contributed by atoms with Crippen molar-refractivity contribution in [2.75, 3.05) is 25.6 Å². The number of likely N-dealkylation sites (tertiary alicyclic amines) is 1. The number of hydrogen-bond donors (Lipinski definition) is 2. The van der Waals surface area contributed by atoms with E-state index in [0.29, 0.717) is 59.5 Å². The Kier molecular flexibility index (Phi) is 5.72. The second kappa shape index (κ2) is 8.66. The van der Waals surface area contributed by atoms with Gasteiger partial charge in [0.1, 0.15) is 0 Å². The molecule has 1 aromatic carbocycles. The fraction of sp³-hybridized carbons (Fsp3) is 0.400. The van der Waals surface area contributed by atoms with Gasteiger partial charge in [0.15, 0.2) is 34.0 Å². The predicted octanol–water partition coefficient (Wildman–Crippen LogP) is 3.78. The quantitative estimate of drug-likeness (QED) is 0.515. The maximum Gasteiger partial charge on any atom is 0.407 e. The molecule has 168 valence electrons. The second-order valence-electron chi connectivity index (χ2n) is 7.77. The van der Waals surface area contributed by atoms with Gasteiger partial charge >= 0.3 is 6.09 Å². The van der Waals surface area contributed by atoms with E-state index in [-0.39, 0.29) is 6.79 Å². The Morgan fingerprint density at radius 2 is 2.12 bits per heavy atom. The number of aryl methyl sites for hydroxylation is 1. The number of imidazole rings is 1. The van der Waals surface area contributed by atoms with Crippen LogP contribution in [-0.4, -0.2) is 55.5 Å². The molecule has 3 N–H and O–H groups in total. The van der Waals surface area contributed by atoms with E-state index in [2.05, 4.69) is 25.9 Å². The zero-order chi connectivity index (χ0) is 22.2. The van der Waals surface area contributed by atoms with E-state index in [1.807, 2.05) is 16.7 Å². The number of anilines is 1. The Morgan fingerprint density at radius 3 is 2.94 bits per heavy atom. The van der Waals surface area contributed by atoms with E-state index in [9.17, 15) is 9.90 Å². The highest BCUT2D eigenvalue weighted by molar-refractivity contribution is 9.10. The molecule has 1 atom stereocenters. The molecule has 1 aromatic rings. The summed E-state index contributed by atoms with van der Waals surface area (Å²) >= 11 is 4.96. The number of rotatable bonds is 5. The Morgan fingerprint density at radius 1 is 1.31 bits per heavy atom. The number of nitrogen functional groups attached to an aromatic ring is 1. The number of hydrogen-bond acceptors (Lipinski definition) is 8. The zero-order valence-corrected chi connectivity index (χ0v) is 19.4. The molecule has 12 heteroatoms. The highest BCUT2D eigenvalue weighted by atomic mass is 79.9. The minimum absolute atomic E-state index is 0.208. The van der Waals surface area contributed by atoms with Crippen LogP contribution in [0.5, 0.6) is 11.5 Å². The monoisotopic (exact) mass is 520 g/mol. The number of halogens is 1. The Balaban J connectivity index is 1.35. The Hall–Kier alpha value is -2.73. The molecule has 0 aromatic heterocycles. The second-order valence-corrected chi connectivity index (χ2v) is 9.63. The maximum absolute atomic E-state index is 11.3. The van der Waals surface area contributed by atoms with Gasteiger partial charge in [0.05, 0.1) is 6.33 Å². The van der Waals surface area contributed by atoms with E-state index in [1.54, 1.807) is 6.33 Å². The lowest BCUT2D eigenvalue weighted by Crippen LogP contribution is -2.39. The summed E-state index contributed by atoms with van der Waals surface area (Å²) < 4.78 is 13.7. The summed E-state index contributed by atoms with van der Waals surface area (Å²) in [4.78, 5) is 27.3. The van der Waals surface area contributed by atoms with Crippen LogP contribution in [0.3, 0.4) is 0 Å². The number of carbonyl (C=O) groups is 1. The first-order valence-corrected chi connectivity index (χ1v) is 11.8. The SMILES string of the molecule is Nc1ncn(CC[C@H]2CCCN(C(=O)O)C2)c2nc(Sc3cc4c(cc3Br)OCO4)nc1-2. The van der Waals surface area contributed by atoms with Crippen molar-refractivity contribution in [3.63, 3.8) is 0 Å². The fourth-order valence-electron chi connectivity index (χ4n) is 4.01. The van der Waals surface area contributed by atoms with Gasteiger partial charge in [-0.05, 0) is 65.0 Å². The molecule has 0 saturated carbocycles. The van der Waals surface area contributed by atoms with Crippen molar-refractivity contribution in [1.29, 1.82) is 0 Å². The van der Waals surface area contributed by atoms with Crippen molar-refractivity contribution in [3.8, 4) is 23.0 Å². The molecule has 0 radical (unpaired) electrons. The van der Waals surface area contributed by atoms with Crippen molar-refractivity contribution in [2.24, 2.45) is 5.92 Å². The minimum atomic E-state index is -0.850. The summed E-state index contributed by atoms with van der Waals surface area (Å²) in [6.45, 7) is 2.04. The number of amides is 1. The van der Waals surface area contributed by atoms with Crippen LogP contribution in [0.25, 0.3) is 11.5 Å². The summed E-state index contributed by atoms with van der Waals surface area (Å²) in [6, 6.07) is 3.76. The van der Waals surface area contributed by atoms with Crippen molar-refractivity contribution in [1.82, 2.24) is 24.4 Å². The normalized spacial score (nSPS) is 17.8. The third kappa shape index (κ3) is 4.16. The van der Waals surface area contributed by atoms with E-state index in [0.717, 1.165) is 28.6 Å². The number of piperidine rings is 1. The van der Waals surface area contributed by atoms with Gasteiger partial charge in [-0.2, -0.15) is 0 Å². The van der Waals surface area contributed by atoms with Crippen molar-refractivity contribution >= 4 is 39.6 Å². The number of carboxylic acid groups (broad SMARTS) is 1. The first kappa shape index (κ1) is 21.1. The van der Waals surface area contributed by atoms with E-state index in [4.69, 9.17) is 20.2 Å². The molecule has 32 heavy (non-hydrogen) atoms. The van der Waals surface area contributed by atoms with Crippen LogP contribution in [0.1, 0.15) is 19.3 Å². The van der Waals surface area contributed by atoms with Gasteiger partial charge in [0, 0.05) is 29.0 Å². The topological polar surface area (TPSA) is 129 Å². The zero-order valence-electron chi connectivity index (χ0n) is 17.0. The van der Waals surface area contributed by atoms with Crippen molar-refractivity contribution < 1.29 is 19.4 Å². The van der Waals surface area contributed by atoms with Crippen LogP contribution in [0.15, 0.2) is 33.0 Å². The van der Waals surface area contributed by atoms with Crippen molar-refractivity contribution in [3.05, 3.63) is 22.9 Å². The van der Waals surface area contributed by atoms with Gasteiger partial charge < -0.3 is 29.8 Å². The van der Waals surface area contributed by atoms with E-state index >= 15 is 0 Å². The molecule has 4 heterocycles. The summed E-state index contributed by atoms with van der Waals surface area (Å²) in [7, 11) is 0. The van der Waals surface area contributed by atoms with Gasteiger partial charge in [-0.3, -0.25) is 0 Å². The summed E-state index contributed by atoms with van der Waals surface area (Å²) in [5.74, 6) is 2.69. The van der Waals surface area contributed by atoms with Crippen LogP contribution in [0.2, 0.25) is 0 Å². The lowest BCUT2D eigenvalue weighted by molar-refractivity contribution is 0.117. The molecule has 0 aliphatic carbocycles. The highest BCUT2D eigenvalue weighted by Crippen LogP contribution is 2.43. The van der Waals surface area contributed by atoms with Gasteiger partial charge in [-0.25, -0.2) is 19.7 Å². The first-order valence-electron chi connectivity index (χ1n) is 10.2. The molecular formula is C20H21BrN6O4S. The molecule has 0 bridgehead atoms. The van der Waals surface area contributed by atoms with E-state index < -0.39 is 6.09 Å². The van der Waals surface area contributed by atoms with E-state index in [1.165, 1.54) is 16.7 Å². The van der Waals surface area contributed by atoms with Crippen molar-refractivity contribution in [2.45, 2.75) is 35.9 Å². The number of aromatic nitrogens is 4. The third-order valence-corrected chi connectivity index (χ3v) is 7.51. The molecule has 1 fully saturated rings. The Labute approximate surface area is 196 Å². The summed E-state index contributed by atoms with van der Waals surface area (Å²) in [5.41, 5.74) is 6.63. The summed E-state index contributed by atoms with van der Waals surface area (Å²) in [5, 5.41) is 9.82. The molecule has 1 amide bonds. The number of nitrogens with two attached hydrogens (primary N) is 1. The number of benzene rings is 1. The van der Waals surface area contributed by atoms with Crippen LogP contribution < -0.4 is 15.2 Å². The van der Waals surface area contributed by atoms with Crippen LogP contribution >= 0.6 is 27.7 Å². The van der Waals surface area contributed by atoms with Gasteiger partial charge in [0.25, 0.3) is 0 Å². The molecular weight excluding hydrogens is 500 g/mol. The number of nitrogens with zero attached hydrogens (tertiary/aromatic N) is 5. The predicted molar refractivity (Wildman–Crippen MR) is 120 cm³/mol. The molecule has 0 unspecified atom stereocenters. The largest absolute Gasteiger partial charge is 0.465 e. The first-order chi connectivity index (χ1) is 15.5. The lowest BCUT2D eigenvalue weighted by atomic mass is 9.95. The number of fused-ring (bicyclic) bond motifs is 2. The van der Waals surface area contributed by atoms with Gasteiger partial charge in [0.2, 0.25) is 6.79 Å². The molecule has 1 saturated heterocycles.